The van der Waals surface area contributed by atoms with Crippen molar-refractivity contribution < 1.29 is 19.2 Å². The molecule has 0 radical (unpaired) electrons. The van der Waals surface area contributed by atoms with Crippen molar-refractivity contribution in [3.8, 4) is 0 Å². The first-order valence-corrected chi connectivity index (χ1v) is 25.3. The molecule has 0 aliphatic carbocycles. The number of hydrogen-bond donors (Lipinski definition) is 0. The first kappa shape index (κ1) is 45.7. The van der Waals surface area contributed by atoms with Gasteiger partial charge in [-0.15, -0.1) is 0 Å². The second kappa shape index (κ2) is 21.8. The Morgan fingerprint density at radius 2 is 0.581 bits per heavy atom. The molecule has 0 spiro atoms. The van der Waals surface area contributed by atoms with Crippen molar-refractivity contribution in [2.45, 2.75) is 182 Å². The van der Waals surface area contributed by atoms with E-state index in [-0.39, 0.29) is 23.6 Å². The zero-order valence-electron chi connectivity index (χ0n) is 38.7. The maximum Gasteiger partial charge on any atom is 0.261 e. The third-order valence-corrected chi connectivity index (χ3v) is 14.7. The molecule has 0 fully saturated rings. The van der Waals surface area contributed by atoms with Gasteiger partial charge in [-0.3, -0.25) is 29.0 Å². The fourth-order valence-electron chi connectivity index (χ4n) is 11.1. The van der Waals surface area contributed by atoms with E-state index in [9.17, 15) is 19.2 Å². The molecule has 332 valence electrons. The summed E-state index contributed by atoms with van der Waals surface area (Å²) in [5.41, 5.74) is 2.33. The Balaban J connectivity index is 1.14. The Hall–Kier alpha value is -4.32. The average molecular weight is 839 g/mol. The lowest BCUT2D eigenvalue weighted by Gasteiger charge is -2.31. The van der Waals surface area contributed by atoms with Crippen LogP contribution in [0.15, 0.2) is 48.5 Å². The number of rotatable bonds is 28. The van der Waals surface area contributed by atoms with Crippen molar-refractivity contribution in [3.05, 3.63) is 70.8 Å². The first-order chi connectivity index (χ1) is 30.3. The number of amides is 4. The van der Waals surface area contributed by atoms with Crippen molar-refractivity contribution in [2.24, 2.45) is 11.8 Å². The lowest BCUT2D eigenvalue weighted by Crippen LogP contribution is -2.41. The van der Waals surface area contributed by atoms with Crippen LogP contribution in [0.4, 0.5) is 0 Å². The molecule has 4 amide bonds. The van der Waals surface area contributed by atoms with Gasteiger partial charge in [0.05, 0.1) is 0 Å². The van der Waals surface area contributed by atoms with Crippen LogP contribution in [0.3, 0.4) is 0 Å². The average Bonchev–Trinajstić information content (AvgIpc) is 3.28. The highest BCUT2D eigenvalue weighted by Crippen LogP contribution is 2.46. The predicted octanol–water partition coefficient (Wildman–Crippen LogP) is 15.6. The molecule has 5 aromatic rings. The Bertz CT molecular complexity index is 2060. The number of nitrogens with zero attached hydrogens (tertiary/aromatic N) is 2. The van der Waals surface area contributed by atoms with E-state index in [1.165, 1.54) is 125 Å². The topological polar surface area (TPSA) is 74.8 Å². The first-order valence-electron chi connectivity index (χ1n) is 25.3. The summed E-state index contributed by atoms with van der Waals surface area (Å²) in [5, 5.41) is 7.03. The summed E-state index contributed by atoms with van der Waals surface area (Å²) in [6.07, 6.45) is 28.7. The molecule has 6 nitrogen and oxygen atoms in total. The molecule has 2 heterocycles. The van der Waals surface area contributed by atoms with Gasteiger partial charge >= 0.3 is 0 Å². The van der Waals surface area contributed by atoms with Gasteiger partial charge in [0.15, 0.2) is 0 Å². The minimum atomic E-state index is -0.203. The maximum absolute atomic E-state index is 14.4. The number of unbranched alkanes of at least 4 members (excludes halogenated alkanes) is 14. The molecule has 0 saturated heterocycles. The summed E-state index contributed by atoms with van der Waals surface area (Å²) in [7, 11) is 0. The van der Waals surface area contributed by atoms with Crippen LogP contribution >= 0.6 is 0 Å². The molecule has 62 heavy (non-hydrogen) atoms. The smallest absolute Gasteiger partial charge is 0.261 e. The highest BCUT2D eigenvalue weighted by atomic mass is 16.2. The molecule has 0 bridgehead atoms. The molecule has 5 aromatic carbocycles. The van der Waals surface area contributed by atoms with E-state index in [4.69, 9.17) is 0 Å². The van der Waals surface area contributed by atoms with Gasteiger partial charge in [-0.1, -0.05) is 193 Å². The number of fused-ring (bicyclic) bond motifs is 2. The molecule has 2 aliphatic heterocycles. The van der Waals surface area contributed by atoms with Crippen LogP contribution < -0.4 is 0 Å². The van der Waals surface area contributed by atoms with Crippen LogP contribution in [0.1, 0.15) is 223 Å². The number of hydrogen-bond acceptors (Lipinski definition) is 4. The molecule has 2 aliphatic rings. The summed E-state index contributed by atoms with van der Waals surface area (Å²) in [6, 6.07) is 15.7. The molecule has 7 rings (SSSR count). The van der Waals surface area contributed by atoms with Crippen LogP contribution in [0.25, 0.3) is 43.1 Å². The minimum Gasteiger partial charge on any atom is -0.274 e. The Morgan fingerprint density at radius 3 is 0.855 bits per heavy atom. The third kappa shape index (κ3) is 9.60. The van der Waals surface area contributed by atoms with Crippen molar-refractivity contribution >= 4 is 66.7 Å². The summed E-state index contributed by atoms with van der Waals surface area (Å²) in [6.45, 7) is 9.89. The van der Waals surface area contributed by atoms with Crippen LogP contribution in [-0.2, 0) is 0 Å². The van der Waals surface area contributed by atoms with Crippen molar-refractivity contribution in [1.82, 2.24) is 9.80 Å². The maximum atomic E-state index is 14.4. The molecule has 2 unspecified atom stereocenters. The van der Waals surface area contributed by atoms with Gasteiger partial charge in [-0.2, -0.15) is 0 Å². The summed E-state index contributed by atoms with van der Waals surface area (Å²) >= 11 is 0. The predicted molar refractivity (Wildman–Crippen MR) is 259 cm³/mol. The van der Waals surface area contributed by atoms with E-state index in [0.717, 1.165) is 81.6 Å². The van der Waals surface area contributed by atoms with Gasteiger partial charge in [0.1, 0.15) is 0 Å². The standard InChI is InChI=1S/C56H74N2O4/c1-5-9-13-17-21-25-39(23-19-15-11-7-3)35-37-57-53(59)45-31-27-41-43-29-33-47-52-48(34-30-44(50(43)52)42-28-32-46(54(57)60)51(45)49(41)42)56(62)58(55(47)61)38-36-40(24-20-16-12-8-4)26-22-18-14-10-6-2/h27-34,39-40H,5-26,35-38H2,1-4H3. The monoisotopic (exact) mass is 839 g/mol. The Morgan fingerprint density at radius 1 is 0.323 bits per heavy atom. The molecule has 0 saturated carbocycles. The molecule has 6 heteroatoms. The normalized spacial score (nSPS) is 15.1. The van der Waals surface area contributed by atoms with Gasteiger partial charge in [-0.05, 0) is 81.3 Å². The van der Waals surface area contributed by atoms with Crippen LogP contribution in [-0.4, -0.2) is 46.5 Å². The van der Waals surface area contributed by atoms with E-state index in [2.05, 4.69) is 27.7 Å². The van der Waals surface area contributed by atoms with Crippen LogP contribution in [0, 0.1) is 11.8 Å². The fourth-order valence-corrected chi connectivity index (χ4v) is 11.1. The van der Waals surface area contributed by atoms with Gasteiger partial charge < -0.3 is 0 Å². The largest absolute Gasteiger partial charge is 0.274 e. The van der Waals surface area contributed by atoms with E-state index >= 15 is 0 Å². The number of carbonyl (C=O) groups excluding carboxylic acids is 4. The zero-order valence-corrected chi connectivity index (χ0v) is 38.7. The molecule has 2 atom stereocenters. The SMILES string of the molecule is CCCCCCCC(CCCCCC)CCN1C(=O)c2ccc3c4ccc5c6c(ccc(c7ccc(c2c37)C1=O)c64)C(=O)N(CCC(CCCCCC)CCCCCCC)C5=O. The highest BCUT2D eigenvalue weighted by molar-refractivity contribution is 6.41. The van der Waals surface area contributed by atoms with Crippen molar-refractivity contribution in [3.63, 3.8) is 0 Å². The Labute approximate surface area is 371 Å². The summed E-state index contributed by atoms with van der Waals surface area (Å²) in [4.78, 5) is 60.4. The summed E-state index contributed by atoms with van der Waals surface area (Å²) in [5.74, 6) is 0.212. The van der Waals surface area contributed by atoms with Crippen LogP contribution in [0.2, 0.25) is 0 Å². The lowest BCUT2D eigenvalue weighted by atomic mass is 9.82. The Kier molecular flexibility index (Phi) is 16.1. The second-order valence-electron chi connectivity index (χ2n) is 19.1. The molecular formula is C56H74N2O4. The van der Waals surface area contributed by atoms with Gasteiger partial charge in [0.25, 0.3) is 23.6 Å². The van der Waals surface area contributed by atoms with Gasteiger partial charge in [0.2, 0.25) is 0 Å². The number of benzene rings is 5. The third-order valence-electron chi connectivity index (χ3n) is 14.7. The number of imide groups is 2. The molecule has 0 N–H and O–H groups in total. The molecule has 0 aromatic heterocycles. The van der Waals surface area contributed by atoms with E-state index in [1.54, 1.807) is 0 Å². The van der Waals surface area contributed by atoms with E-state index in [0.29, 0.717) is 47.2 Å². The van der Waals surface area contributed by atoms with E-state index in [1.807, 2.05) is 48.5 Å². The van der Waals surface area contributed by atoms with E-state index < -0.39 is 0 Å². The number of carbonyl (C=O) groups is 4. The van der Waals surface area contributed by atoms with Crippen LogP contribution in [0.5, 0.6) is 0 Å². The zero-order chi connectivity index (χ0) is 43.6. The summed E-state index contributed by atoms with van der Waals surface area (Å²) < 4.78 is 0. The van der Waals surface area contributed by atoms with Gasteiger partial charge in [-0.25, -0.2) is 0 Å². The fraction of sp³-hybridized carbons (Fsp3) is 0.571. The van der Waals surface area contributed by atoms with Gasteiger partial charge in [0, 0.05) is 46.1 Å². The highest BCUT2D eigenvalue weighted by Gasteiger charge is 2.37. The minimum absolute atomic E-state index is 0.203. The lowest BCUT2D eigenvalue weighted by molar-refractivity contribution is 0.0584. The van der Waals surface area contributed by atoms with Crippen molar-refractivity contribution in [1.29, 1.82) is 0 Å². The van der Waals surface area contributed by atoms with Crippen molar-refractivity contribution in [2.75, 3.05) is 13.1 Å². The molecular weight excluding hydrogens is 765 g/mol. The quantitative estimate of drug-likeness (QED) is 0.0218. The second-order valence-corrected chi connectivity index (χ2v) is 19.1.